The highest BCUT2D eigenvalue weighted by molar-refractivity contribution is 4.87. The zero-order valence-electron chi connectivity index (χ0n) is 12.0. The van der Waals surface area contributed by atoms with E-state index < -0.39 is 0 Å². The Kier molecular flexibility index (Phi) is 4.48. The lowest BCUT2D eigenvalue weighted by Gasteiger charge is -2.43. The Bertz CT molecular complexity index is 225. The molecule has 0 radical (unpaired) electrons. The predicted molar refractivity (Wildman–Crippen MR) is 74.3 cm³/mol. The predicted octanol–water partition coefficient (Wildman–Crippen LogP) is 3.03. The van der Waals surface area contributed by atoms with Crippen molar-refractivity contribution >= 4 is 0 Å². The van der Waals surface area contributed by atoms with Crippen molar-refractivity contribution in [3.8, 4) is 0 Å². The van der Waals surface area contributed by atoms with Crippen molar-refractivity contribution in [1.82, 2.24) is 10.2 Å². The summed E-state index contributed by atoms with van der Waals surface area (Å²) in [4.78, 5) is 2.77. The first-order chi connectivity index (χ1) is 8.11. The Morgan fingerprint density at radius 1 is 1.18 bits per heavy atom. The van der Waals surface area contributed by atoms with Crippen molar-refractivity contribution in [3.63, 3.8) is 0 Å². The Hall–Kier alpha value is -0.0800. The zero-order valence-corrected chi connectivity index (χ0v) is 12.0. The lowest BCUT2D eigenvalue weighted by atomic mass is 9.75. The number of hydrogen-bond donors (Lipinski definition) is 1. The van der Waals surface area contributed by atoms with Crippen LogP contribution in [0.5, 0.6) is 0 Å². The molecule has 100 valence electrons. The van der Waals surface area contributed by atoms with Gasteiger partial charge in [-0.15, -0.1) is 0 Å². The average molecular weight is 238 g/mol. The molecule has 0 bridgehead atoms. The third-order valence-corrected chi connectivity index (χ3v) is 4.77. The van der Waals surface area contributed by atoms with E-state index in [1.54, 1.807) is 0 Å². The molecule has 2 nitrogen and oxygen atoms in total. The number of nitrogens with zero attached hydrogens (tertiary/aromatic N) is 1. The zero-order chi connectivity index (χ0) is 12.3. The number of likely N-dealkylation sites (N-methyl/N-ethyl adjacent to an activating group) is 1. The van der Waals surface area contributed by atoms with Crippen LogP contribution in [0.3, 0.4) is 0 Å². The van der Waals surface area contributed by atoms with Gasteiger partial charge in [0.2, 0.25) is 0 Å². The largest absolute Gasteiger partial charge is 0.313 e. The van der Waals surface area contributed by atoms with Gasteiger partial charge in [-0.05, 0) is 57.0 Å². The molecular formula is C15H30N2. The van der Waals surface area contributed by atoms with E-state index in [2.05, 4.69) is 31.0 Å². The summed E-state index contributed by atoms with van der Waals surface area (Å²) in [6.07, 6.45) is 8.44. The van der Waals surface area contributed by atoms with Gasteiger partial charge in [0.05, 0.1) is 0 Å². The van der Waals surface area contributed by atoms with Crippen LogP contribution in [0, 0.1) is 5.41 Å². The molecule has 2 rings (SSSR count). The molecule has 1 aliphatic carbocycles. The minimum absolute atomic E-state index is 0.605. The molecule has 0 aromatic carbocycles. The first-order valence-corrected chi connectivity index (χ1v) is 7.58. The second-order valence-corrected chi connectivity index (χ2v) is 6.79. The van der Waals surface area contributed by atoms with E-state index in [1.807, 2.05) is 0 Å². The Morgan fingerprint density at radius 3 is 2.53 bits per heavy atom. The molecule has 0 amide bonds. The quantitative estimate of drug-likeness (QED) is 0.813. The van der Waals surface area contributed by atoms with Gasteiger partial charge < -0.3 is 5.32 Å². The molecule has 0 aromatic heterocycles. The van der Waals surface area contributed by atoms with Gasteiger partial charge in [-0.3, -0.25) is 4.90 Å². The summed E-state index contributed by atoms with van der Waals surface area (Å²) in [6.45, 7) is 10.8. The summed E-state index contributed by atoms with van der Waals surface area (Å²) in [5.74, 6) is 0. The van der Waals surface area contributed by atoms with Crippen LogP contribution < -0.4 is 5.32 Å². The summed E-state index contributed by atoms with van der Waals surface area (Å²) in [5, 5.41) is 3.63. The number of likely N-dealkylation sites (tertiary alicyclic amines) is 1. The molecule has 2 aliphatic rings. The highest BCUT2D eigenvalue weighted by Crippen LogP contribution is 2.37. The van der Waals surface area contributed by atoms with Crippen LogP contribution in [-0.4, -0.2) is 36.6 Å². The van der Waals surface area contributed by atoms with E-state index >= 15 is 0 Å². The maximum Gasteiger partial charge on any atom is 0.0195 e. The molecule has 0 aromatic rings. The summed E-state index contributed by atoms with van der Waals surface area (Å²) in [6, 6.07) is 1.63. The van der Waals surface area contributed by atoms with Crippen LogP contribution in [0.25, 0.3) is 0 Å². The Balaban J connectivity index is 1.82. The maximum absolute atomic E-state index is 3.63. The van der Waals surface area contributed by atoms with Crippen molar-refractivity contribution in [3.05, 3.63) is 0 Å². The van der Waals surface area contributed by atoms with E-state index in [0.717, 1.165) is 18.6 Å². The minimum atomic E-state index is 0.605. The first kappa shape index (κ1) is 13.4. The third kappa shape index (κ3) is 3.69. The molecule has 1 saturated carbocycles. The van der Waals surface area contributed by atoms with Crippen LogP contribution in [0.4, 0.5) is 0 Å². The fourth-order valence-corrected chi connectivity index (χ4v) is 3.54. The molecule has 1 aliphatic heterocycles. The van der Waals surface area contributed by atoms with E-state index in [1.165, 1.54) is 51.6 Å². The van der Waals surface area contributed by atoms with Crippen LogP contribution >= 0.6 is 0 Å². The summed E-state index contributed by atoms with van der Waals surface area (Å²) < 4.78 is 0. The molecule has 1 unspecified atom stereocenters. The van der Waals surface area contributed by atoms with Gasteiger partial charge in [0.25, 0.3) is 0 Å². The van der Waals surface area contributed by atoms with Crippen molar-refractivity contribution in [2.75, 3.05) is 19.6 Å². The normalized spacial score (nSPS) is 31.6. The van der Waals surface area contributed by atoms with Gasteiger partial charge in [0.1, 0.15) is 0 Å². The Morgan fingerprint density at radius 2 is 1.88 bits per heavy atom. The maximum atomic E-state index is 3.63. The van der Waals surface area contributed by atoms with E-state index in [0.29, 0.717) is 5.41 Å². The topological polar surface area (TPSA) is 15.3 Å². The molecule has 1 saturated heterocycles. The molecular weight excluding hydrogens is 208 g/mol. The lowest BCUT2D eigenvalue weighted by molar-refractivity contribution is 0.0783. The van der Waals surface area contributed by atoms with Crippen LogP contribution in [0.2, 0.25) is 0 Å². The summed E-state index contributed by atoms with van der Waals surface area (Å²) in [7, 11) is 0. The molecule has 1 N–H and O–H groups in total. The van der Waals surface area contributed by atoms with Crippen molar-refractivity contribution in [1.29, 1.82) is 0 Å². The second-order valence-electron chi connectivity index (χ2n) is 6.79. The first-order valence-electron chi connectivity index (χ1n) is 7.58. The van der Waals surface area contributed by atoms with Crippen molar-refractivity contribution in [2.45, 2.75) is 71.4 Å². The van der Waals surface area contributed by atoms with Crippen molar-refractivity contribution < 1.29 is 0 Å². The van der Waals surface area contributed by atoms with Crippen molar-refractivity contribution in [2.24, 2.45) is 5.41 Å². The molecule has 0 spiro atoms. The summed E-state index contributed by atoms with van der Waals surface area (Å²) in [5.41, 5.74) is 0.605. The van der Waals surface area contributed by atoms with E-state index in [-0.39, 0.29) is 0 Å². The van der Waals surface area contributed by atoms with Crippen LogP contribution in [-0.2, 0) is 0 Å². The smallest absolute Gasteiger partial charge is 0.0195 e. The number of piperidine rings is 1. The third-order valence-electron chi connectivity index (χ3n) is 4.77. The van der Waals surface area contributed by atoms with Gasteiger partial charge >= 0.3 is 0 Å². The molecule has 2 fully saturated rings. The van der Waals surface area contributed by atoms with Gasteiger partial charge in [0, 0.05) is 18.6 Å². The average Bonchev–Trinajstić information content (AvgIpc) is 2.30. The second kappa shape index (κ2) is 5.71. The number of hydrogen-bond acceptors (Lipinski definition) is 2. The van der Waals surface area contributed by atoms with Gasteiger partial charge in [-0.2, -0.15) is 0 Å². The molecule has 1 atom stereocenters. The highest BCUT2D eigenvalue weighted by atomic mass is 15.2. The lowest BCUT2D eigenvalue weighted by Crippen LogP contribution is -2.50. The van der Waals surface area contributed by atoms with Gasteiger partial charge in [-0.1, -0.05) is 20.8 Å². The number of nitrogens with one attached hydrogen (secondary N) is 1. The van der Waals surface area contributed by atoms with E-state index in [9.17, 15) is 0 Å². The highest BCUT2D eigenvalue weighted by Gasteiger charge is 2.32. The van der Waals surface area contributed by atoms with Crippen LogP contribution in [0.1, 0.15) is 59.3 Å². The SMILES string of the molecule is CCNC1CCCN(C2CCC(C)(C)CC2)C1. The fraction of sp³-hybridized carbons (Fsp3) is 1.00. The van der Waals surface area contributed by atoms with E-state index in [4.69, 9.17) is 0 Å². The Labute approximate surface area is 107 Å². The minimum Gasteiger partial charge on any atom is -0.313 e. The molecule has 17 heavy (non-hydrogen) atoms. The van der Waals surface area contributed by atoms with Gasteiger partial charge in [-0.25, -0.2) is 0 Å². The standard InChI is InChI=1S/C15H30N2/c1-4-16-13-6-5-11-17(12-13)14-7-9-15(2,3)10-8-14/h13-14,16H,4-12H2,1-3H3. The van der Waals surface area contributed by atoms with Crippen LogP contribution in [0.15, 0.2) is 0 Å². The number of rotatable bonds is 3. The molecule has 1 heterocycles. The van der Waals surface area contributed by atoms with Gasteiger partial charge in [0.15, 0.2) is 0 Å². The fourth-order valence-electron chi connectivity index (χ4n) is 3.54. The molecule has 2 heteroatoms. The monoisotopic (exact) mass is 238 g/mol. The summed E-state index contributed by atoms with van der Waals surface area (Å²) >= 11 is 0.